The van der Waals surface area contributed by atoms with Gasteiger partial charge in [0.2, 0.25) is 0 Å². The predicted octanol–water partition coefficient (Wildman–Crippen LogP) is 3.35. The molecule has 120 valence electrons. The first-order valence-electron chi connectivity index (χ1n) is 7.17. The number of anilines is 1. The maximum atomic E-state index is 11.3. The number of hydrogen-bond acceptors (Lipinski definition) is 6. The van der Waals surface area contributed by atoms with E-state index in [9.17, 15) is 15.2 Å². The Bertz CT molecular complexity index is 458. The molecule has 0 aromatic carbocycles. The first kappa shape index (κ1) is 17.9. The zero-order chi connectivity index (χ0) is 16.0. The third kappa shape index (κ3) is 4.39. The van der Waals surface area contributed by atoms with Crippen LogP contribution in [0.25, 0.3) is 0 Å². The molecule has 0 saturated carbocycles. The van der Waals surface area contributed by atoms with E-state index in [0.717, 1.165) is 12.8 Å². The summed E-state index contributed by atoms with van der Waals surface area (Å²) in [7, 11) is 1.62. The van der Waals surface area contributed by atoms with E-state index in [1.807, 2.05) is 4.90 Å². The van der Waals surface area contributed by atoms with Gasteiger partial charge in [-0.3, -0.25) is 10.1 Å². The van der Waals surface area contributed by atoms with Crippen LogP contribution in [0.2, 0.25) is 0 Å². The molecule has 0 amide bonds. The van der Waals surface area contributed by atoms with E-state index < -0.39 is 6.10 Å². The molecule has 0 fully saturated rings. The van der Waals surface area contributed by atoms with E-state index in [2.05, 4.69) is 13.8 Å². The first-order valence-corrected chi connectivity index (χ1v) is 7.99. The number of hydrogen-bond donors (Lipinski definition) is 1. The minimum absolute atomic E-state index is 0.0684. The van der Waals surface area contributed by atoms with Gasteiger partial charge >= 0.3 is 5.69 Å². The topological polar surface area (TPSA) is 75.8 Å². The largest absolute Gasteiger partial charge is 0.388 e. The fraction of sp³-hybridized carbons (Fsp3) is 0.714. The lowest BCUT2D eigenvalue weighted by molar-refractivity contribution is -0.383. The van der Waals surface area contributed by atoms with Crippen LogP contribution >= 0.6 is 11.3 Å². The SMILES string of the molecule is CCC(CC)N(CCOC)c1sc([C@@H](C)O)cc1[N+](=O)[O-]. The van der Waals surface area contributed by atoms with Gasteiger partial charge in [0, 0.05) is 30.6 Å². The predicted molar refractivity (Wildman–Crippen MR) is 85.2 cm³/mol. The van der Waals surface area contributed by atoms with Crippen molar-refractivity contribution in [2.75, 3.05) is 25.2 Å². The Kier molecular flexibility index (Phi) is 7.07. The second-order valence-electron chi connectivity index (χ2n) is 4.93. The number of nitro groups is 1. The number of thiophene rings is 1. The van der Waals surface area contributed by atoms with Gasteiger partial charge in [0.15, 0.2) is 5.00 Å². The molecule has 0 spiro atoms. The highest BCUT2D eigenvalue weighted by molar-refractivity contribution is 7.16. The van der Waals surface area contributed by atoms with Crippen LogP contribution in [0.4, 0.5) is 10.7 Å². The number of rotatable bonds is 9. The highest BCUT2D eigenvalue weighted by Gasteiger charge is 2.28. The minimum Gasteiger partial charge on any atom is -0.388 e. The molecule has 1 heterocycles. The molecule has 0 aliphatic heterocycles. The molecule has 0 aliphatic rings. The van der Waals surface area contributed by atoms with Crippen LogP contribution < -0.4 is 4.90 Å². The van der Waals surface area contributed by atoms with Gasteiger partial charge in [-0.1, -0.05) is 13.8 Å². The fourth-order valence-electron chi connectivity index (χ4n) is 2.30. The molecule has 1 N–H and O–H groups in total. The Labute approximate surface area is 129 Å². The van der Waals surface area contributed by atoms with Crippen molar-refractivity contribution >= 4 is 22.0 Å². The molecule has 7 heteroatoms. The van der Waals surface area contributed by atoms with Crippen LogP contribution in [-0.4, -0.2) is 36.3 Å². The molecule has 1 aromatic heterocycles. The normalized spacial score (nSPS) is 12.7. The second-order valence-corrected chi connectivity index (χ2v) is 5.99. The summed E-state index contributed by atoms with van der Waals surface area (Å²) >= 11 is 1.29. The van der Waals surface area contributed by atoms with Crippen LogP contribution in [-0.2, 0) is 4.74 Å². The third-order valence-electron chi connectivity index (χ3n) is 3.50. The standard InChI is InChI=1S/C14H24N2O4S/c1-5-11(6-2)15(7-8-20-4)14-12(16(18)19)9-13(21-14)10(3)17/h9-11,17H,5-8H2,1-4H3/t10-/m1/s1. The van der Waals surface area contributed by atoms with E-state index in [-0.39, 0.29) is 16.7 Å². The van der Waals surface area contributed by atoms with E-state index in [0.29, 0.717) is 23.0 Å². The second kappa shape index (κ2) is 8.31. The van der Waals surface area contributed by atoms with E-state index in [4.69, 9.17) is 4.74 Å². The number of aliphatic hydroxyl groups excluding tert-OH is 1. The third-order valence-corrected chi connectivity index (χ3v) is 4.83. The van der Waals surface area contributed by atoms with Crippen LogP contribution in [0.3, 0.4) is 0 Å². The molecule has 0 saturated heterocycles. The average molecular weight is 316 g/mol. The lowest BCUT2D eigenvalue weighted by atomic mass is 10.1. The Hall–Kier alpha value is -1.18. The van der Waals surface area contributed by atoms with E-state index in [1.165, 1.54) is 17.4 Å². The van der Waals surface area contributed by atoms with Crippen LogP contribution in [0.5, 0.6) is 0 Å². The summed E-state index contributed by atoms with van der Waals surface area (Å²) < 4.78 is 5.13. The Morgan fingerprint density at radius 1 is 1.48 bits per heavy atom. The van der Waals surface area contributed by atoms with Gasteiger partial charge in [-0.25, -0.2) is 0 Å². The lowest BCUT2D eigenvalue weighted by Crippen LogP contribution is -2.36. The summed E-state index contributed by atoms with van der Waals surface area (Å²) in [5, 5.41) is 21.6. The molecule has 6 nitrogen and oxygen atoms in total. The Balaban J connectivity index is 3.23. The van der Waals surface area contributed by atoms with Crippen molar-refractivity contribution in [3.8, 4) is 0 Å². The minimum atomic E-state index is -0.701. The summed E-state index contributed by atoms with van der Waals surface area (Å²) in [6.07, 6.45) is 1.10. The quantitative estimate of drug-likeness (QED) is 0.558. The van der Waals surface area contributed by atoms with Crippen molar-refractivity contribution in [2.45, 2.75) is 45.8 Å². The smallest absolute Gasteiger partial charge is 0.304 e. The Morgan fingerprint density at radius 3 is 2.52 bits per heavy atom. The average Bonchev–Trinajstić information content (AvgIpc) is 2.88. The number of methoxy groups -OCH3 is 1. The molecule has 0 unspecified atom stereocenters. The summed E-state index contributed by atoms with van der Waals surface area (Å²) in [4.78, 5) is 13.6. The van der Waals surface area contributed by atoms with Crippen LogP contribution in [0.15, 0.2) is 6.07 Å². The van der Waals surface area contributed by atoms with E-state index in [1.54, 1.807) is 14.0 Å². The van der Waals surface area contributed by atoms with E-state index >= 15 is 0 Å². The highest BCUT2D eigenvalue weighted by atomic mass is 32.1. The molecule has 21 heavy (non-hydrogen) atoms. The van der Waals surface area contributed by atoms with Crippen molar-refractivity contribution in [2.24, 2.45) is 0 Å². The zero-order valence-corrected chi connectivity index (χ0v) is 13.9. The molecular weight excluding hydrogens is 292 g/mol. The van der Waals surface area contributed by atoms with Gasteiger partial charge in [0.25, 0.3) is 0 Å². The van der Waals surface area contributed by atoms with Gasteiger partial charge in [0.1, 0.15) is 0 Å². The molecular formula is C14H24N2O4S. The zero-order valence-electron chi connectivity index (χ0n) is 13.0. The first-order chi connectivity index (χ1) is 9.96. The maximum absolute atomic E-state index is 11.3. The molecule has 1 atom stereocenters. The maximum Gasteiger partial charge on any atom is 0.304 e. The molecule has 0 bridgehead atoms. The highest BCUT2D eigenvalue weighted by Crippen LogP contribution is 2.41. The molecule has 0 radical (unpaired) electrons. The van der Waals surface area contributed by atoms with Gasteiger partial charge in [-0.15, -0.1) is 11.3 Å². The number of aliphatic hydroxyl groups is 1. The summed E-state index contributed by atoms with van der Waals surface area (Å²) in [5.41, 5.74) is 0.0684. The lowest BCUT2D eigenvalue weighted by Gasteiger charge is -2.30. The Morgan fingerprint density at radius 2 is 2.10 bits per heavy atom. The van der Waals surface area contributed by atoms with Crippen molar-refractivity contribution in [3.05, 3.63) is 21.1 Å². The fourth-order valence-corrected chi connectivity index (χ4v) is 3.46. The van der Waals surface area contributed by atoms with Crippen LogP contribution in [0.1, 0.15) is 44.6 Å². The summed E-state index contributed by atoms with van der Waals surface area (Å²) in [6, 6.07) is 1.70. The number of ether oxygens (including phenoxy) is 1. The summed E-state index contributed by atoms with van der Waals surface area (Å²) in [6.45, 7) is 6.88. The van der Waals surface area contributed by atoms with Crippen LogP contribution in [0, 0.1) is 10.1 Å². The van der Waals surface area contributed by atoms with Gasteiger partial charge < -0.3 is 14.7 Å². The number of nitrogens with zero attached hydrogens (tertiary/aromatic N) is 2. The summed E-state index contributed by atoms with van der Waals surface area (Å²) in [5.74, 6) is 0. The van der Waals surface area contributed by atoms with Crippen molar-refractivity contribution in [3.63, 3.8) is 0 Å². The van der Waals surface area contributed by atoms with Gasteiger partial charge in [-0.05, 0) is 19.8 Å². The molecule has 0 aliphatic carbocycles. The monoisotopic (exact) mass is 316 g/mol. The molecule has 1 rings (SSSR count). The van der Waals surface area contributed by atoms with Crippen molar-refractivity contribution < 1.29 is 14.8 Å². The van der Waals surface area contributed by atoms with Crippen molar-refractivity contribution in [1.29, 1.82) is 0 Å². The molecule has 1 aromatic rings. The van der Waals surface area contributed by atoms with Gasteiger partial charge in [-0.2, -0.15) is 0 Å². The van der Waals surface area contributed by atoms with Gasteiger partial charge in [0.05, 0.1) is 17.6 Å². The van der Waals surface area contributed by atoms with Crippen molar-refractivity contribution in [1.82, 2.24) is 0 Å².